The maximum absolute atomic E-state index is 12.8. The maximum atomic E-state index is 12.8. The van der Waals surface area contributed by atoms with Crippen LogP contribution in [0.2, 0.25) is 0 Å². The van der Waals surface area contributed by atoms with Gasteiger partial charge in [0.25, 0.3) is 0 Å². The third-order valence-electron chi connectivity index (χ3n) is 5.85. The molecule has 1 aromatic heterocycles. The van der Waals surface area contributed by atoms with Crippen molar-refractivity contribution >= 4 is 5.70 Å². The first-order chi connectivity index (χ1) is 14.5. The standard InChI is InChI=1S/C22H31N5O3/c1-17-5-6-18-19(7-14-30-20(18)15-17)23-27-16-21(28)26(22(27)29)9-4-3-8-25-12-10-24(2)11-13-25/h5-7,15-16,23,28H,3-4,8-14H2,1-2H3. The van der Waals surface area contributed by atoms with Crippen LogP contribution in [0.1, 0.15) is 24.0 Å². The normalized spacial score (nSPS) is 17.3. The lowest BCUT2D eigenvalue weighted by atomic mass is 10.1. The monoisotopic (exact) mass is 413 g/mol. The number of fused-ring (bicyclic) bond motifs is 1. The molecule has 2 aliphatic heterocycles. The first-order valence-corrected chi connectivity index (χ1v) is 10.6. The van der Waals surface area contributed by atoms with E-state index in [1.54, 1.807) is 0 Å². The number of nitrogens with zero attached hydrogens (tertiary/aromatic N) is 4. The lowest BCUT2D eigenvalue weighted by Crippen LogP contribution is -2.44. The minimum atomic E-state index is -0.270. The van der Waals surface area contributed by atoms with Crippen LogP contribution in [-0.4, -0.2) is 70.5 Å². The Balaban J connectivity index is 1.36. The van der Waals surface area contributed by atoms with Crippen molar-refractivity contribution < 1.29 is 9.84 Å². The van der Waals surface area contributed by atoms with Crippen LogP contribution >= 0.6 is 0 Å². The Hall–Kier alpha value is -2.71. The van der Waals surface area contributed by atoms with Crippen LogP contribution in [0, 0.1) is 6.92 Å². The van der Waals surface area contributed by atoms with Crippen molar-refractivity contribution in [2.75, 3.05) is 51.8 Å². The second-order valence-electron chi connectivity index (χ2n) is 8.18. The third-order valence-corrected chi connectivity index (χ3v) is 5.85. The van der Waals surface area contributed by atoms with Gasteiger partial charge in [0.1, 0.15) is 12.4 Å². The number of rotatable bonds is 7. The van der Waals surface area contributed by atoms with Gasteiger partial charge in [-0.2, -0.15) is 0 Å². The van der Waals surface area contributed by atoms with Gasteiger partial charge in [-0.1, -0.05) is 6.07 Å². The molecule has 162 valence electrons. The average Bonchev–Trinajstić information content (AvgIpc) is 2.99. The summed E-state index contributed by atoms with van der Waals surface area (Å²) >= 11 is 0. The van der Waals surface area contributed by atoms with E-state index >= 15 is 0 Å². The third kappa shape index (κ3) is 4.55. The van der Waals surface area contributed by atoms with E-state index in [1.165, 1.54) is 15.4 Å². The van der Waals surface area contributed by atoms with Crippen LogP contribution in [0.4, 0.5) is 0 Å². The van der Waals surface area contributed by atoms with Gasteiger partial charge in [-0.05, 0) is 57.1 Å². The Morgan fingerprint density at radius 2 is 1.90 bits per heavy atom. The van der Waals surface area contributed by atoms with Gasteiger partial charge in [-0.15, -0.1) is 0 Å². The highest BCUT2D eigenvalue weighted by Crippen LogP contribution is 2.29. The molecule has 0 amide bonds. The van der Waals surface area contributed by atoms with Crippen LogP contribution in [0.5, 0.6) is 11.6 Å². The van der Waals surface area contributed by atoms with Crippen LogP contribution < -0.4 is 15.9 Å². The Morgan fingerprint density at radius 3 is 2.70 bits per heavy atom. The van der Waals surface area contributed by atoms with E-state index in [0.29, 0.717) is 13.2 Å². The lowest BCUT2D eigenvalue weighted by molar-refractivity contribution is 0.151. The molecule has 2 aromatic rings. The molecule has 0 bridgehead atoms. The summed E-state index contributed by atoms with van der Waals surface area (Å²) in [6.07, 6.45) is 5.19. The van der Waals surface area contributed by atoms with Crippen molar-refractivity contribution in [2.45, 2.75) is 26.3 Å². The molecule has 8 heteroatoms. The molecule has 4 rings (SSSR count). The molecule has 0 atom stereocenters. The molecule has 0 radical (unpaired) electrons. The van der Waals surface area contributed by atoms with E-state index in [4.69, 9.17) is 4.74 Å². The summed E-state index contributed by atoms with van der Waals surface area (Å²) in [5, 5.41) is 10.3. The number of imidazole rings is 1. The lowest BCUT2D eigenvalue weighted by Gasteiger charge is -2.32. The number of benzene rings is 1. The number of aromatic hydroxyl groups is 1. The molecule has 8 nitrogen and oxygen atoms in total. The van der Waals surface area contributed by atoms with Crippen molar-refractivity contribution in [1.29, 1.82) is 0 Å². The van der Waals surface area contributed by atoms with Gasteiger partial charge in [-0.3, -0.25) is 9.99 Å². The molecule has 1 aromatic carbocycles. The number of nitrogens with one attached hydrogen (secondary N) is 1. The van der Waals surface area contributed by atoms with E-state index in [1.807, 2.05) is 31.2 Å². The van der Waals surface area contributed by atoms with Crippen molar-refractivity contribution in [3.63, 3.8) is 0 Å². The highest BCUT2D eigenvalue weighted by molar-refractivity contribution is 5.75. The first kappa shape index (κ1) is 20.6. The zero-order chi connectivity index (χ0) is 21.1. The van der Waals surface area contributed by atoms with Crippen LogP contribution in [-0.2, 0) is 6.54 Å². The number of piperazine rings is 1. The smallest absolute Gasteiger partial charge is 0.349 e. The molecule has 2 aliphatic rings. The maximum Gasteiger partial charge on any atom is 0.349 e. The van der Waals surface area contributed by atoms with Gasteiger partial charge in [0.15, 0.2) is 0 Å². The summed E-state index contributed by atoms with van der Waals surface area (Å²) in [7, 11) is 2.15. The predicted octanol–water partition coefficient (Wildman–Crippen LogP) is 1.67. The zero-order valence-electron chi connectivity index (χ0n) is 17.8. The van der Waals surface area contributed by atoms with Crippen LogP contribution in [0.25, 0.3) is 5.70 Å². The summed E-state index contributed by atoms with van der Waals surface area (Å²) in [6.45, 7) is 8.41. The van der Waals surface area contributed by atoms with E-state index in [-0.39, 0.29) is 11.6 Å². The van der Waals surface area contributed by atoms with Crippen LogP contribution in [0.3, 0.4) is 0 Å². The Kier molecular flexibility index (Phi) is 6.15. The molecule has 0 unspecified atom stereocenters. The fraction of sp³-hybridized carbons (Fsp3) is 0.500. The number of hydrogen-bond acceptors (Lipinski definition) is 6. The molecular weight excluding hydrogens is 382 g/mol. The molecule has 3 heterocycles. The Bertz CT molecular complexity index is 970. The van der Waals surface area contributed by atoms with Crippen molar-refractivity contribution in [1.82, 2.24) is 19.0 Å². The van der Waals surface area contributed by atoms with E-state index in [0.717, 1.165) is 68.1 Å². The van der Waals surface area contributed by atoms with Crippen LogP contribution in [0.15, 0.2) is 35.3 Å². The number of aryl methyl sites for hydroxylation is 1. The van der Waals surface area contributed by atoms with Crippen molar-refractivity contribution in [3.05, 3.63) is 52.1 Å². The largest absolute Gasteiger partial charge is 0.493 e. The van der Waals surface area contributed by atoms with Gasteiger partial charge >= 0.3 is 5.69 Å². The molecule has 1 saturated heterocycles. The van der Waals surface area contributed by atoms with Gasteiger partial charge in [0, 0.05) is 38.3 Å². The highest BCUT2D eigenvalue weighted by atomic mass is 16.5. The fourth-order valence-corrected chi connectivity index (χ4v) is 3.97. The summed E-state index contributed by atoms with van der Waals surface area (Å²) in [6, 6.07) is 5.97. The second kappa shape index (κ2) is 8.97. The number of likely N-dealkylation sites (N-methyl/N-ethyl adjacent to an activating group) is 1. The molecule has 2 N–H and O–H groups in total. The van der Waals surface area contributed by atoms with Crippen molar-refractivity contribution in [3.8, 4) is 11.6 Å². The van der Waals surface area contributed by atoms with E-state index in [9.17, 15) is 9.90 Å². The first-order valence-electron chi connectivity index (χ1n) is 10.6. The number of hydrogen-bond donors (Lipinski definition) is 2. The van der Waals surface area contributed by atoms with Crippen molar-refractivity contribution in [2.24, 2.45) is 0 Å². The van der Waals surface area contributed by atoms with Gasteiger partial charge < -0.3 is 19.6 Å². The summed E-state index contributed by atoms with van der Waals surface area (Å²) < 4.78 is 8.46. The summed E-state index contributed by atoms with van der Waals surface area (Å²) in [4.78, 5) is 17.6. The predicted molar refractivity (Wildman–Crippen MR) is 118 cm³/mol. The molecular formula is C22H31N5O3. The molecule has 0 spiro atoms. The van der Waals surface area contributed by atoms with Gasteiger partial charge in [0.2, 0.25) is 5.88 Å². The average molecular weight is 414 g/mol. The second-order valence-corrected chi connectivity index (χ2v) is 8.18. The topological polar surface area (TPSA) is 74.9 Å². The molecule has 0 aliphatic carbocycles. The van der Waals surface area contributed by atoms with Gasteiger partial charge in [0.05, 0.1) is 11.9 Å². The zero-order valence-corrected chi connectivity index (χ0v) is 17.8. The van der Waals surface area contributed by atoms with Gasteiger partial charge in [-0.25, -0.2) is 9.47 Å². The SMILES string of the molecule is Cc1ccc2c(c1)OCC=C2Nn1cc(O)n(CCCCN2CCN(C)CC2)c1=O. The summed E-state index contributed by atoms with van der Waals surface area (Å²) in [5.74, 6) is 0.768. The molecule has 1 fully saturated rings. The summed E-state index contributed by atoms with van der Waals surface area (Å²) in [5.41, 5.74) is 5.67. The fourth-order valence-electron chi connectivity index (χ4n) is 3.97. The minimum Gasteiger partial charge on any atom is -0.493 e. The quantitative estimate of drug-likeness (QED) is 0.673. The number of unbranched alkanes of at least 4 members (excludes halogenated alkanes) is 1. The minimum absolute atomic E-state index is 0.0242. The highest BCUT2D eigenvalue weighted by Gasteiger charge is 2.17. The molecule has 0 saturated carbocycles. The number of ether oxygens (including phenoxy) is 1. The van der Waals surface area contributed by atoms with E-state index in [2.05, 4.69) is 22.3 Å². The Labute approximate surface area is 176 Å². The van der Waals surface area contributed by atoms with E-state index < -0.39 is 0 Å². The molecule has 30 heavy (non-hydrogen) atoms. The number of aromatic nitrogens is 2. The Morgan fingerprint density at radius 1 is 1.13 bits per heavy atom.